The Morgan fingerprint density at radius 1 is 1.03 bits per heavy atom. The maximum Gasteiger partial charge on any atom is 0.175 e. The molecule has 29 heavy (non-hydrogen) atoms. The van der Waals surface area contributed by atoms with Gasteiger partial charge in [-0.05, 0) is 71.3 Å². The number of allylic oxidation sites excluding steroid dienone is 1. The van der Waals surface area contributed by atoms with Crippen LogP contribution in [-0.4, -0.2) is 6.61 Å². The number of aryl methyl sites for hydroxylation is 1. The normalized spacial score (nSPS) is 11.0. The lowest BCUT2D eigenvalue weighted by Gasteiger charge is -2.15. The molecule has 0 radical (unpaired) electrons. The molecule has 3 aromatic rings. The summed E-state index contributed by atoms with van der Waals surface area (Å²) in [6.07, 6.45) is 1.89. The predicted molar refractivity (Wildman–Crippen MR) is 126 cm³/mol. The summed E-state index contributed by atoms with van der Waals surface area (Å²) in [5.41, 5.74) is 4.68. The lowest BCUT2D eigenvalue weighted by molar-refractivity contribution is 0.267. The van der Waals surface area contributed by atoms with Crippen molar-refractivity contribution in [2.45, 2.75) is 20.5 Å². The molecule has 4 heteroatoms. The number of rotatable bonds is 7. The molecule has 0 unspecified atom stereocenters. The molecule has 3 aromatic carbocycles. The molecule has 0 aliphatic rings. The minimum absolute atomic E-state index is 0.471. The van der Waals surface area contributed by atoms with Crippen LogP contribution in [0, 0.1) is 21.8 Å². The zero-order valence-electron chi connectivity index (χ0n) is 16.5. The molecule has 0 aliphatic carbocycles. The third-order valence-corrected chi connectivity index (χ3v) is 5.15. The summed E-state index contributed by atoms with van der Waals surface area (Å²) in [6, 6.07) is 24.2. The molecule has 0 N–H and O–H groups in total. The van der Waals surface area contributed by atoms with Gasteiger partial charge in [-0.2, -0.15) is 5.26 Å². The van der Waals surface area contributed by atoms with E-state index in [4.69, 9.17) is 9.47 Å². The number of benzene rings is 3. The fraction of sp³-hybridized carbons (Fsp3) is 0.160. The molecule has 0 amide bonds. The van der Waals surface area contributed by atoms with Gasteiger partial charge in [0.15, 0.2) is 11.5 Å². The lowest BCUT2D eigenvalue weighted by Crippen LogP contribution is -2.02. The Morgan fingerprint density at radius 3 is 2.41 bits per heavy atom. The molecule has 0 aromatic heterocycles. The molecule has 0 aliphatic heterocycles. The highest BCUT2D eigenvalue weighted by Crippen LogP contribution is 2.36. The molecule has 0 bridgehead atoms. The first-order chi connectivity index (χ1) is 14.1. The Hall–Kier alpha value is -2.78. The van der Waals surface area contributed by atoms with E-state index in [0.717, 1.165) is 26.0 Å². The van der Waals surface area contributed by atoms with Gasteiger partial charge in [-0.1, -0.05) is 60.2 Å². The number of nitriles is 1. The van der Waals surface area contributed by atoms with Crippen LogP contribution in [0.3, 0.4) is 0 Å². The van der Waals surface area contributed by atoms with Crippen molar-refractivity contribution in [3.63, 3.8) is 0 Å². The van der Waals surface area contributed by atoms with Gasteiger partial charge in [-0.3, -0.25) is 0 Å². The summed E-state index contributed by atoms with van der Waals surface area (Å²) in [5.74, 6) is 1.41. The zero-order valence-corrected chi connectivity index (χ0v) is 18.6. The van der Waals surface area contributed by atoms with Gasteiger partial charge >= 0.3 is 0 Å². The minimum atomic E-state index is 0.471. The van der Waals surface area contributed by atoms with E-state index in [1.54, 1.807) is 0 Å². The van der Waals surface area contributed by atoms with Crippen molar-refractivity contribution >= 4 is 34.2 Å². The summed E-state index contributed by atoms with van der Waals surface area (Å²) in [6.45, 7) is 4.99. The van der Waals surface area contributed by atoms with E-state index >= 15 is 0 Å². The molecule has 0 saturated heterocycles. The lowest BCUT2D eigenvalue weighted by atomic mass is 10.0. The van der Waals surface area contributed by atoms with Crippen molar-refractivity contribution < 1.29 is 9.47 Å². The third kappa shape index (κ3) is 5.61. The fourth-order valence-electron chi connectivity index (χ4n) is 2.88. The Labute approximate surface area is 185 Å². The van der Waals surface area contributed by atoms with Crippen molar-refractivity contribution in [3.05, 3.63) is 92.6 Å². The second kappa shape index (κ2) is 10.1. The number of hydrogen-bond donors (Lipinski definition) is 0. The highest BCUT2D eigenvalue weighted by molar-refractivity contribution is 14.1. The van der Waals surface area contributed by atoms with Crippen molar-refractivity contribution in [1.82, 2.24) is 0 Å². The number of hydrogen-bond acceptors (Lipinski definition) is 3. The van der Waals surface area contributed by atoms with Gasteiger partial charge in [-0.25, -0.2) is 0 Å². The molecule has 146 valence electrons. The van der Waals surface area contributed by atoms with Crippen molar-refractivity contribution in [2.24, 2.45) is 0 Å². The molecule has 0 saturated carbocycles. The van der Waals surface area contributed by atoms with Gasteiger partial charge in [0.05, 0.1) is 21.8 Å². The van der Waals surface area contributed by atoms with Crippen molar-refractivity contribution in [1.29, 1.82) is 5.26 Å². The van der Waals surface area contributed by atoms with Crippen LogP contribution in [0.1, 0.15) is 29.2 Å². The highest BCUT2D eigenvalue weighted by atomic mass is 127. The van der Waals surface area contributed by atoms with Crippen LogP contribution in [0.25, 0.3) is 11.6 Å². The third-order valence-electron chi connectivity index (χ3n) is 4.35. The summed E-state index contributed by atoms with van der Waals surface area (Å²) < 4.78 is 12.9. The van der Waals surface area contributed by atoms with Crippen molar-refractivity contribution in [3.8, 4) is 17.6 Å². The summed E-state index contributed by atoms with van der Waals surface area (Å²) in [5, 5.41) is 9.64. The van der Waals surface area contributed by atoms with E-state index in [0.29, 0.717) is 24.5 Å². The molecule has 3 rings (SSSR count). The van der Waals surface area contributed by atoms with Crippen LogP contribution in [0.2, 0.25) is 0 Å². The molecular formula is C25H22INO2. The summed E-state index contributed by atoms with van der Waals surface area (Å²) in [7, 11) is 0. The first-order valence-electron chi connectivity index (χ1n) is 9.42. The molecule has 0 atom stereocenters. The Bertz CT molecular complexity index is 1030. The zero-order chi connectivity index (χ0) is 20.6. The van der Waals surface area contributed by atoms with E-state index in [1.165, 1.54) is 5.56 Å². The smallest absolute Gasteiger partial charge is 0.175 e. The molecule has 0 spiro atoms. The number of ether oxygens (including phenoxy) is 2. The average molecular weight is 495 g/mol. The van der Waals surface area contributed by atoms with E-state index < -0.39 is 0 Å². The predicted octanol–water partition coefficient (Wildman–Crippen LogP) is 6.64. The number of nitrogens with zero attached hydrogens (tertiary/aromatic N) is 1. The van der Waals surface area contributed by atoms with Crippen LogP contribution in [0.5, 0.6) is 11.5 Å². The Morgan fingerprint density at radius 2 is 1.76 bits per heavy atom. The van der Waals surface area contributed by atoms with Crippen LogP contribution >= 0.6 is 22.6 Å². The van der Waals surface area contributed by atoms with Gasteiger partial charge in [0.2, 0.25) is 0 Å². The van der Waals surface area contributed by atoms with E-state index in [2.05, 4.69) is 28.7 Å². The Kier molecular flexibility index (Phi) is 7.31. The van der Waals surface area contributed by atoms with Gasteiger partial charge < -0.3 is 9.47 Å². The van der Waals surface area contributed by atoms with Crippen LogP contribution in [-0.2, 0) is 6.61 Å². The first-order valence-corrected chi connectivity index (χ1v) is 10.5. The molecule has 0 fully saturated rings. The largest absolute Gasteiger partial charge is 0.490 e. The Balaban J connectivity index is 1.92. The first kappa shape index (κ1) is 20.9. The second-order valence-electron chi connectivity index (χ2n) is 6.57. The fourth-order valence-corrected chi connectivity index (χ4v) is 3.67. The minimum Gasteiger partial charge on any atom is -0.490 e. The van der Waals surface area contributed by atoms with E-state index in [-0.39, 0.29) is 0 Å². The average Bonchev–Trinajstić information content (AvgIpc) is 2.73. The van der Waals surface area contributed by atoms with Crippen LogP contribution in [0.4, 0.5) is 0 Å². The van der Waals surface area contributed by atoms with E-state index in [9.17, 15) is 5.26 Å². The van der Waals surface area contributed by atoms with Gasteiger partial charge in [0.25, 0.3) is 0 Å². The monoisotopic (exact) mass is 495 g/mol. The van der Waals surface area contributed by atoms with Crippen LogP contribution in [0.15, 0.2) is 66.7 Å². The molecular weight excluding hydrogens is 473 g/mol. The maximum absolute atomic E-state index is 9.64. The van der Waals surface area contributed by atoms with Crippen molar-refractivity contribution in [2.75, 3.05) is 6.61 Å². The topological polar surface area (TPSA) is 42.2 Å². The molecule has 0 heterocycles. The summed E-state index contributed by atoms with van der Waals surface area (Å²) >= 11 is 2.25. The van der Waals surface area contributed by atoms with Crippen LogP contribution < -0.4 is 9.47 Å². The standard InChI is InChI=1S/C25H22INO2/c1-3-28-24-15-20(13-22(16-27)21-11-9-18(2)10-12-21)14-23(26)25(24)29-17-19-7-5-4-6-8-19/h4-15H,3,17H2,1-2H3/b22-13-. The van der Waals surface area contributed by atoms with Gasteiger partial charge in [0.1, 0.15) is 6.61 Å². The maximum atomic E-state index is 9.64. The van der Waals surface area contributed by atoms with Gasteiger partial charge in [-0.15, -0.1) is 0 Å². The highest BCUT2D eigenvalue weighted by Gasteiger charge is 2.13. The second-order valence-corrected chi connectivity index (χ2v) is 7.74. The van der Waals surface area contributed by atoms with E-state index in [1.807, 2.05) is 86.7 Å². The summed E-state index contributed by atoms with van der Waals surface area (Å²) in [4.78, 5) is 0. The quantitative estimate of drug-likeness (QED) is 0.210. The molecule has 3 nitrogen and oxygen atoms in total. The SMILES string of the molecule is CCOc1cc(/C=C(/C#N)c2ccc(C)cc2)cc(I)c1OCc1ccccc1. The van der Waals surface area contributed by atoms with Gasteiger partial charge in [0, 0.05) is 0 Å². The number of halogens is 1.